The Bertz CT molecular complexity index is 612. The molecule has 0 radical (unpaired) electrons. The van der Waals surface area contributed by atoms with Gasteiger partial charge in [0.2, 0.25) is 5.91 Å². The number of rotatable bonds is 8. The second-order valence-corrected chi connectivity index (χ2v) is 7.12. The molecular weight excluding hydrogens is 330 g/mol. The van der Waals surface area contributed by atoms with Crippen LogP contribution < -0.4 is 16.0 Å². The van der Waals surface area contributed by atoms with Crippen molar-refractivity contribution in [3.05, 3.63) is 29.3 Å². The second-order valence-electron chi connectivity index (χ2n) is 7.12. The molecular formula is C20H31N3O3. The maximum Gasteiger partial charge on any atom is 0.251 e. The van der Waals surface area contributed by atoms with Crippen LogP contribution in [0.15, 0.2) is 18.2 Å². The molecule has 0 bridgehead atoms. The molecule has 1 aliphatic carbocycles. The Labute approximate surface area is 156 Å². The highest BCUT2D eigenvalue weighted by Gasteiger charge is 2.17. The summed E-state index contributed by atoms with van der Waals surface area (Å²) in [7, 11) is 1.61. The SMILES string of the molecule is COCC(C)NC(=O)CNc1ccc(C(=O)NC2CCCCC2)cc1C. The number of benzene rings is 1. The van der Waals surface area contributed by atoms with Gasteiger partial charge in [0, 0.05) is 30.4 Å². The number of carbonyl (C=O) groups is 2. The quantitative estimate of drug-likeness (QED) is 0.665. The van der Waals surface area contributed by atoms with Crippen molar-refractivity contribution in [2.75, 3.05) is 25.6 Å². The Balaban J connectivity index is 1.86. The fourth-order valence-corrected chi connectivity index (χ4v) is 3.31. The Morgan fingerprint density at radius 3 is 2.62 bits per heavy atom. The van der Waals surface area contributed by atoms with Crippen molar-refractivity contribution in [3.8, 4) is 0 Å². The standard InChI is InChI=1S/C20H31N3O3/c1-14-11-16(20(25)23-17-7-5-4-6-8-17)9-10-18(14)21-12-19(24)22-15(2)13-26-3/h9-11,15,17,21H,4-8,12-13H2,1-3H3,(H,22,24)(H,23,25). The molecule has 1 unspecified atom stereocenters. The van der Waals surface area contributed by atoms with Crippen LogP contribution in [0.25, 0.3) is 0 Å². The smallest absolute Gasteiger partial charge is 0.251 e. The summed E-state index contributed by atoms with van der Waals surface area (Å²) in [5, 5.41) is 9.11. The molecule has 2 rings (SSSR count). The fraction of sp³-hybridized carbons (Fsp3) is 0.600. The number of nitrogens with one attached hydrogen (secondary N) is 3. The van der Waals surface area contributed by atoms with Gasteiger partial charge in [-0.15, -0.1) is 0 Å². The van der Waals surface area contributed by atoms with Crippen LogP contribution in [0.1, 0.15) is 54.9 Å². The minimum atomic E-state index is -0.0898. The minimum Gasteiger partial charge on any atom is -0.383 e. The van der Waals surface area contributed by atoms with Crippen LogP contribution in [0.4, 0.5) is 5.69 Å². The zero-order valence-electron chi connectivity index (χ0n) is 16.1. The van der Waals surface area contributed by atoms with Crippen molar-refractivity contribution in [1.82, 2.24) is 10.6 Å². The number of aryl methyl sites for hydroxylation is 1. The van der Waals surface area contributed by atoms with Crippen molar-refractivity contribution in [1.29, 1.82) is 0 Å². The average Bonchev–Trinajstić information content (AvgIpc) is 2.61. The molecule has 1 fully saturated rings. The Morgan fingerprint density at radius 1 is 1.23 bits per heavy atom. The summed E-state index contributed by atoms with van der Waals surface area (Å²) in [5.74, 6) is -0.106. The predicted octanol–water partition coefficient (Wildman–Crippen LogP) is 2.62. The molecule has 1 aromatic carbocycles. The molecule has 6 nitrogen and oxygen atoms in total. The summed E-state index contributed by atoms with van der Waals surface area (Å²) in [4.78, 5) is 24.3. The molecule has 0 aliphatic heterocycles. The van der Waals surface area contributed by atoms with Gasteiger partial charge in [0.05, 0.1) is 13.2 Å². The van der Waals surface area contributed by atoms with Crippen LogP contribution in [-0.4, -0.2) is 44.2 Å². The lowest BCUT2D eigenvalue weighted by Gasteiger charge is -2.23. The molecule has 0 aromatic heterocycles. The van der Waals surface area contributed by atoms with Gasteiger partial charge in [-0.2, -0.15) is 0 Å². The number of ether oxygens (including phenoxy) is 1. The van der Waals surface area contributed by atoms with Gasteiger partial charge in [-0.25, -0.2) is 0 Å². The summed E-state index contributed by atoms with van der Waals surface area (Å²) in [5.41, 5.74) is 2.46. The largest absolute Gasteiger partial charge is 0.383 e. The van der Waals surface area contributed by atoms with E-state index < -0.39 is 0 Å². The molecule has 1 atom stereocenters. The zero-order chi connectivity index (χ0) is 18.9. The molecule has 6 heteroatoms. The first-order valence-electron chi connectivity index (χ1n) is 9.43. The Hall–Kier alpha value is -2.08. The van der Waals surface area contributed by atoms with Gasteiger partial charge >= 0.3 is 0 Å². The average molecular weight is 361 g/mol. The van der Waals surface area contributed by atoms with E-state index in [2.05, 4.69) is 16.0 Å². The van der Waals surface area contributed by atoms with E-state index in [0.717, 1.165) is 24.1 Å². The Morgan fingerprint density at radius 2 is 1.96 bits per heavy atom. The minimum absolute atomic E-state index is 0.0160. The molecule has 1 aromatic rings. The van der Waals surface area contributed by atoms with Gasteiger partial charge in [0.15, 0.2) is 0 Å². The normalized spacial score (nSPS) is 16.0. The lowest BCUT2D eigenvalue weighted by Crippen LogP contribution is -2.39. The van der Waals surface area contributed by atoms with Crippen LogP contribution in [-0.2, 0) is 9.53 Å². The molecule has 26 heavy (non-hydrogen) atoms. The van der Waals surface area contributed by atoms with Gasteiger partial charge < -0.3 is 20.7 Å². The molecule has 0 spiro atoms. The number of anilines is 1. The Kier molecular flexibility index (Phi) is 7.91. The molecule has 1 aliphatic rings. The molecule has 2 amide bonds. The van der Waals surface area contributed by atoms with Crippen molar-refractivity contribution >= 4 is 17.5 Å². The van der Waals surface area contributed by atoms with Crippen molar-refractivity contribution in [2.24, 2.45) is 0 Å². The van der Waals surface area contributed by atoms with Gasteiger partial charge in [-0.05, 0) is 50.5 Å². The van der Waals surface area contributed by atoms with Gasteiger partial charge in [-0.3, -0.25) is 9.59 Å². The molecule has 1 saturated carbocycles. The molecule has 0 saturated heterocycles. The summed E-state index contributed by atoms with van der Waals surface area (Å²) >= 11 is 0. The lowest BCUT2D eigenvalue weighted by atomic mass is 9.95. The topological polar surface area (TPSA) is 79.5 Å². The van der Waals surface area contributed by atoms with Crippen LogP contribution >= 0.6 is 0 Å². The zero-order valence-corrected chi connectivity index (χ0v) is 16.1. The van der Waals surface area contributed by atoms with E-state index in [1.165, 1.54) is 19.3 Å². The third-order valence-corrected chi connectivity index (χ3v) is 4.69. The van der Waals surface area contributed by atoms with Crippen molar-refractivity contribution in [2.45, 2.75) is 58.0 Å². The molecule has 144 valence electrons. The van der Waals surface area contributed by atoms with Gasteiger partial charge in [0.25, 0.3) is 5.91 Å². The predicted molar refractivity (Wildman–Crippen MR) is 103 cm³/mol. The van der Waals surface area contributed by atoms with Gasteiger partial charge in [0.1, 0.15) is 0 Å². The van der Waals surface area contributed by atoms with Crippen molar-refractivity contribution < 1.29 is 14.3 Å². The fourth-order valence-electron chi connectivity index (χ4n) is 3.31. The molecule has 3 N–H and O–H groups in total. The first-order valence-corrected chi connectivity index (χ1v) is 9.43. The first kappa shape index (κ1) is 20.2. The highest BCUT2D eigenvalue weighted by Crippen LogP contribution is 2.19. The van der Waals surface area contributed by atoms with E-state index in [1.54, 1.807) is 13.2 Å². The van der Waals surface area contributed by atoms with E-state index >= 15 is 0 Å². The summed E-state index contributed by atoms with van der Waals surface area (Å²) in [6, 6.07) is 5.80. The van der Waals surface area contributed by atoms with Crippen LogP contribution in [0.3, 0.4) is 0 Å². The lowest BCUT2D eigenvalue weighted by molar-refractivity contribution is -0.120. The first-order chi connectivity index (χ1) is 12.5. The summed E-state index contributed by atoms with van der Waals surface area (Å²) < 4.78 is 5.00. The van der Waals surface area contributed by atoms with E-state index in [0.29, 0.717) is 18.2 Å². The summed E-state index contributed by atoms with van der Waals surface area (Å²) in [6.45, 7) is 4.50. The van der Waals surface area contributed by atoms with E-state index in [1.807, 2.05) is 26.0 Å². The monoisotopic (exact) mass is 361 g/mol. The summed E-state index contributed by atoms with van der Waals surface area (Å²) in [6.07, 6.45) is 5.79. The van der Waals surface area contributed by atoms with E-state index in [4.69, 9.17) is 4.74 Å². The van der Waals surface area contributed by atoms with Crippen molar-refractivity contribution in [3.63, 3.8) is 0 Å². The third kappa shape index (κ3) is 6.33. The number of hydrogen-bond acceptors (Lipinski definition) is 4. The van der Waals surface area contributed by atoms with Gasteiger partial charge in [-0.1, -0.05) is 19.3 Å². The highest BCUT2D eigenvalue weighted by atomic mass is 16.5. The van der Waals surface area contributed by atoms with E-state index in [9.17, 15) is 9.59 Å². The number of carbonyl (C=O) groups excluding carboxylic acids is 2. The maximum absolute atomic E-state index is 12.4. The maximum atomic E-state index is 12.4. The third-order valence-electron chi connectivity index (χ3n) is 4.69. The molecule has 0 heterocycles. The van der Waals surface area contributed by atoms with Crippen LogP contribution in [0.5, 0.6) is 0 Å². The highest BCUT2D eigenvalue weighted by molar-refractivity contribution is 5.95. The second kappa shape index (κ2) is 10.2. The van der Waals surface area contributed by atoms with E-state index in [-0.39, 0.29) is 24.4 Å². The number of amides is 2. The number of methoxy groups -OCH3 is 1. The van der Waals surface area contributed by atoms with Crippen LogP contribution in [0, 0.1) is 6.92 Å². The number of hydrogen-bond donors (Lipinski definition) is 3. The van der Waals surface area contributed by atoms with Crippen LogP contribution in [0.2, 0.25) is 0 Å².